The Morgan fingerprint density at radius 3 is 2.85 bits per heavy atom. The van der Waals surface area contributed by atoms with E-state index in [1.807, 2.05) is 22.7 Å². The van der Waals surface area contributed by atoms with E-state index in [1.54, 1.807) is 0 Å². The van der Waals surface area contributed by atoms with Gasteiger partial charge in [0.05, 0.1) is 12.2 Å². The summed E-state index contributed by atoms with van der Waals surface area (Å²) >= 11 is 0. The van der Waals surface area contributed by atoms with Gasteiger partial charge in [-0.1, -0.05) is 18.6 Å². The van der Waals surface area contributed by atoms with Crippen molar-refractivity contribution in [2.45, 2.75) is 45.6 Å². The van der Waals surface area contributed by atoms with Gasteiger partial charge in [-0.3, -0.25) is 4.79 Å². The fraction of sp³-hybridized carbons (Fsp3) is 0.786. The molecule has 1 aliphatic heterocycles. The van der Waals surface area contributed by atoms with Crippen molar-refractivity contribution in [2.24, 2.45) is 0 Å². The molecule has 1 aliphatic rings. The summed E-state index contributed by atoms with van der Waals surface area (Å²) in [5.41, 5.74) is 0.474. The van der Waals surface area contributed by atoms with E-state index in [0.717, 1.165) is 51.9 Å². The maximum atomic E-state index is 12.4. The molecular formula is C14H25N5O. The topological polar surface area (TPSA) is 63.1 Å². The standard InChI is InChI=1S/C14H25N5O/c1-3-5-10-18(4-2)14(20)13-11-19(17-16-13)12-6-8-15-9-7-12/h11-12,15H,3-10H2,1-2H3. The van der Waals surface area contributed by atoms with E-state index in [-0.39, 0.29) is 5.91 Å². The lowest BCUT2D eigenvalue weighted by Crippen LogP contribution is -2.32. The molecule has 1 saturated heterocycles. The van der Waals surface area contributed by atoms with Gasteiger partial charge in [0.25, 0.3) is 5.91 Å². The zero-order chi connectivity index (χ0) is 14.4. The molecule has 1 aromatic rings. The number of rotatable bonds is 6. The van der Waals surface area contributed by atoms with Crippen molar-refractivity contribution in [1.82, 2.24) is 25.2 Å². The molecule has 0 atom stereocenters. The zero-order valence-electron chi connectivity index (χ0n) is 12.5. The van der Waals surface area contributed by atoms with Crippen molar-refractivity contribution in [3.8, 4) is 0 Å². The molecule has 0 saturated carbocycles. The van der Waals surface area contributed by atoms with E-state index in [9.17, 15) is 4.79 Å². The lowest BCUT2D eigenvalue weighted by atomic mass is 10.1. The Morgan fingerprint density at radius 2 is 2.20 bits per heavy atom. The Labute approximate surface area is 120 Å². The first-order valence-corrected chi connectivity index (χ1v) is 7.68. The summed E-state index contributed by atoms with van der Waals surface area (Å²) < 4.78 is 1.86. The quantitative estimate of drug-likeness (QED) is 0.856. The third-order valence-corrected chi connectivity index (χ3v) is 3.86. The van der Waals surface area contributed by atoms with Crippen molar-refractivity contribution < 1.29 is 4.79 Å². The van der Waals surface area contributed by atoms with Crippen LogP contribution in [0.4, 0.5) is 0 Å². The number of unbranched alkanes of at least 4 members (excludes halogenated alkanes) is 1. The molecule has 0 aliphatic carbocycles. The average molecular weight is 279 g/mol. The van der Waals surface area contributed by atoms with Crippen LogP contribution < -0.4 is 5.32 Å². The minimum atomic E-state index is 0.00105. The van der Waals surface area contributed by atoms with Gasteiger partial charge in [0.2, 0.25) is 0 Å². The maximum absolute atomic E-state index is 12.4. The molecule has 1 amide bonds. The number of carbonyl (C=O) groups is 1. The molecule has 6 heteroatoms. The predicted molar refractivity (Wildman–Crippen MR) is 77.6 cm³/mol. The van der Waals surface area contributed by atoms with Crippen LogP contribution in [0.15, 0.2) is 6.20 Å². The van der Waals surface area contributed by atoms with Gasteiger partial charge < -0.3 is 10.2 Å². The van der Waals surface area contributed by atoms with E-state index in [2.05, 4.69) is 22.6 Å². The smallest absolute Gasteiger partial charge is 0.276 e. The van der Waals surface area contributed by atoms with Crippen LogP contribution in [0.2, 0.25) is 0 Å². The van der Waals surface area contributed by atoms with E-state index in [4.69, 9.17) is 0 Å². The van der Waals surface area contributed by atoms with Gasteiger partial charge in [0.15, 0.2) is 5.69 Å². The van der Waals surface area contributed by atoms with Crippen LogP contribution >= 0.6 is 0 Å². The van der Waals surface area contributed by atoms with Gasteiger partial charge in [-0.15, -0.1) is 5.10 Å². The van der Waals surface area contributed by atoms with Crippen molar-refractivity contribution in [3.05, 3.63) is 11.9 Å². The van der Waals surface area contributed by atoms with Gasteiger partial charge in [0, 0.05) is 13.1 Å². The highest BCUT2D eigenvalue weighted by atomic mass is 16.2. The number of carbonyl (C=O) groups excluding carboxylic acids is 1. The Morgan fingerprint density at radius 1 is 1.45 bits per heavy atom. The molecule has 0 spiro atoms. The number of nitrogens with zero attached hydrogens (tertiary/aromatic N) is 4. The van der Waals surface area contributed by atoms with Crippen molar-refractivity contribution in [3.63, 3.8) is 0 Å². The number of hydrogen-bond donors (Lipinski definition) is 1. The second kappa shape index (κ2) is 7.38. The molecule has 6 nitrogen and oxygen atoms in total. The Balaban J connectivity index is 2.01. The van der Waals surface area contributed by atoms with Crippen LogP contribution in [0.1, 0.15) is 56.1 Å². The van der Waals surface area contributed by atoms with Crippen LogP contribution in [0, 0.1) is 0 Å². The normalized spacial score (nSPS) is 16.3. The van der Waals surface area contributed by atoms with E-state index in [0.29, 0.717) is 11.7 Å². The zero-order valence-corrected chi connectivity index (χ0v) is 12.5. The molecule has 0 unspecified atom stereocenters. The number of hydrogen-bond acceptors (Lipinski definition) is 4. The molecule has 2 rings (SSSR count). The maximum Gasteiger partial charge on any atom is 0.276 e. The first-order valence-electron chi connectivity index (χ1n) is 7.68. The second-order valence-electron chi connectivity index (χ2n) is 5.30. The molecule has 1 fully saturated rings. The number of nitrogens with one attached hydrogen (secondary N) is 1. The van der Waals surface area contributed by atoms with Crippen LogP contribution in [-0.2, 0) is 0 Å². The van der Waals surface area contributed by atoms with Gasteiger partial charge in [-0.05, 0) is 39.3 Å². The summed E-state index contributed by atoms with van der Waals surface area (Å²) in [5, 5.41) is 11.5. The van der Waals surface area contributed by atoms with Crippen molar-refractivity contribution >= 4 is 5.91 Å². The highest BCUT2D eigenvalue weighted by molar-refractivity contribution is 5.91. The third kappa shape index (κ3) is 3.56. The number of amides is 1. The Bertz CT molecular complexity index is 425. The van der Waals surface area contributed by atoms with E-state index >= 15 is 0 Å². The van der Waals surface area contributed by atoms with Crippen LogP contribution in [0.3, 0.4) is 0 Å². The first kappa shape index (κ1) is 15.0. The largest absolute Gasteiger partial charge is 0.337 e. The summed E-state index contributed by atoms with van der Waals surface area (Å²) in [6, 6.07) is 0.371. The molecule has 112 valence electrons. The summed E-state index contributed by atoms with van der Waals surface area (Å²) in [4.78, 5) is 14.2. The molecule has 1 N–H and O–H groups in total. The van der Waals surface area contributed by atoms with Crippen molar-refractivity contribution in [2.75, 3.05) is 26.2 Å². The summed E-state index contributed by atoms with van der Waals surface area (Å²) in [6.45, 7) is 7.67. The Hall–Kier alpha value is -1.43. The fourth-order valence-electron chi connectivity index (χ4n) is 2.54. The van der Waals surface area contributed by atoms with Gasteiger partial charge in [0.1, 0.15) is 0 Å². The Kier molecular flexibility index (Phi) is 5.52. The number of aromatic nitrogens is 3. The third-order valence-electron chi connectivity index (χ3n) is 3.86. The minimum absolute atomic E-state index is 0.00105. The average Bonchev–Trinajstić information content (AvgIpc) is 2.98. The van der Waals surface area contributed by atoms with Crippen LogP contribution in [-0.4, -0.2) is 52.0 Å². The molecule has 1 aromatic heterocycles. The van der Waals surface area contributed by atoms with Crippen molar-refractivity contribution in [1.29, 1.82) is 0 Å². The highest BCUT2D eigenvalue weighted by Gasteiger charge is 2.21. The monoisotopic (exact) mass is 279 g/mol. The molecule has 0 bridgehead atoms. The van der Waals surface area contributed by atoms with E-state index < -0.39 is 0 Å². The second-order valence-corrected chi connectivity index (χ2v) is 5.30. The van der Waals surface area contributed by atoms with Crippen LogP contribution in [0.5, 0.6) is 0 Å². The summed E-state index contributed by atoms with van der Waals surface area (Å²) in [6.07, 6.45) is 6.02. The van der Waals surface area contributed by atoms with Gasteiger partial charge in [-0.2, -0.15) is 0 Å². The lowest BCUT2D eigenvalue weighted by molar-refractivity contribution is 0.0756. The summed E-state index contributed by atoms with van der Waals surface area (Å²) in [5.74, 6) is 0.00105. The highest BCUT2D eigenvalue weighted by Crippen LogP contribution is 2.17. The SMILES string of the molecule is CCCCN(CC)C(=O)c1cn(C2CCNCC2)nn1. The summed E-state index contributed by atoms with van der Waals surface area (Å²) in [7, 11) is 0. The lowest BCUT2D eigenvalue weighted by Gasteiger charge is -2.22. The molecule has 0 radical (unpaired) electrons. The molecular weight excluding hydrogens is 254 g/mol. The predicted octanol–water partition coefficient (Wildman–Crippen LogP) is 1.46. The fourth-order valence-corrected chi connectivity index (χ4v) is 2.54. The number of piperidine rings is 1. The van der Waals surface area contributed by atoms with Gasteiger partial charge >= 0.3 is 0 Å². The molecule has 2 heterocycles. The van der Waals surface area contributed by atoms with E-state index in [1.165, 1.54) is 0 Å². The minimum Gasteiger partial charge on any atom is -0.337 e. The molecule has 20 heavy (non-hydrogen) atoms. The van der Waals surface area contributed by atoms with Crippen LogP contribution in [0.25, 0.3) is 0 Å². The first-order chi connectivity index (χ1) is 9.76. The van der Waals surface area contributed by atoms with Gasteiger partial charge in [-0.25, -0.2) is 4.68 Å². The molecule has 0 aromatic carbocycles.